The Morgan fingerprint density at radius 2 is 1.68 bits per heavy atom. The van der Waals surface area contributed by atoms with Gasteiger partial charge in [0.25, 0.3) is 5.91 Å². The van der Waals surface area contributed by atoms with Crippen LogP contribution in [0.3, 0.4) is 0 Å². The lowest BCUT2D eigenvalue weighted by atomic mass is 10.2. The predicted octanol–water partition coefficient (Wildman–Crippen LogP) is 2.77. The van der Waals surface area contributed by atoms with Gasteiger partial charge in [-0.15, -0.1) is 0 Å². The third kappa shape index (κ3) is 4.79. The molecule has 1 aliphatic rings. The molecular weight excluding hydrogens is 317 g/mol. The zero-order valence-electron chi connectivity index (χ0n) is 14.5. The first-order valence-corrected chi connectivity index (χ1v) is 8.70. The second-order valence-electron chi connectivity index (χ2n) is 6.50. The monoisotopic (exact) mass is 341 g/mol. The van der Waals surface area contributed by atoms with E-state index in [0.29, 0.717) is 5.56 Å². The van der Waals surface area contributed by atoms with Crippen molar-refractivity contribution in [3.05, 3.63) is 66.0 Å². The molecule has 1 fully saturated rings. The first-order valence-electron chi connectivity index (χ1n) is 8.70. The van der Waals surface area contributed by atoms with Crippen molar-refractivity contribution in [3.63, 3.8) is 0 Å². The molecule has 0 radical (unpaired) electrons. The number of nitrogens with one attached hydrogen (secondary N) is 1. The van der Waals surface area contributed by atoms with Crippen molar-refractivity contribution in [1.29, 1.82) is 0 Å². The van der Waals surface area contributed by atoms with Gasteiger partial charge in [0.2, 0.25) is 0 Å². The van der Waals surface area contributed by atoms with Crippen molar-refractivity contribution in [2.24, 2.45) is 0 Å². The van der Waals surface area contributed by atoms with Crippen LogP contribution in [0, 0.1) is 5.82 Å². The van der Waals surface area contributed by atoms with Gasteiger partial charge in [0.1, 0.15) is 5.82 Å². The van der Waals surface area contributed by atoms with Gasteiger partial charge < -0.3 is 10.2 Å². The van der Waals surface area contributed by atoms with Gasteiger partial charge in [-0.2, -0.15) is 0 Å². The molecule has 0 bridgehead atoms. The van der Waals surface area contributed by atoms with Crippen LogP contribution in [0.5, 0.6) is 0 Å². The van der Waals surface area contributed by atoms with Crippen LogP contribution in [-0.4, -0.2) is 49.6 Å². The topological polar surface area (TPSA) is 35.6 Å². The Bertz CT molecular complexity index is 682. The Balaban J connectivity index is 1.45. The van der Waals surface area contributed by atoms with Gasteiger partial charge in [-0.1, -0.05) is 18.2 Å². The van der Waals surface area contributed by atoms with Gasteiger partial charge in [0.05, 0.1) is 0 Å². The fourth-order valence-corrected chi connectivity index (χ4v) is 3.17. The molecule has 0 aromatic heterocycles. The quantitative estimate of drug-likeness (QED) is 0.908. The summed E-state index contributed by atoms with van der Waals surface area (Å²) < 4.78 is 12.9. The van der Waals surface area contributed by atoms with Gasteiger partial charge >= 0.3 is 0 Å². The Kier molecular flexibility index (Phi) is 5.66. The maximum Gasteiger partial charge on any atom is 0.251 e. The molecule has 0 saturated carbocycles. The second-order valence-corrected chi connectivity index (χ2v) is 6.50. The lowest BCUT2D eigenvalue weighted by molar-refractivity contribution is 0.0928. The van der Waals surface area contributed by atoms with Crippen LogP contribution < -0.4 is 10.2 Å². The number of piperazine rings is 1. The van der Waals surface area contributed by atoms with Crippen molar-refractivity contribution in [2.45, 2.75) is 13.0 Å². The van der Waals surface area contributed by atoms with Crippen LogP contribution in [-0.2, 0) is 0 Å². The Hall–Kier alpha value is -2.40. The number of hydrogen-bond donors (Lipinski definition) is 1. The summed E-state index contributed by atoms with van der Waals surface area (Å²) in [5.41, 5.74) is 1.75. The van der Waals surface area contributed by atoms with E-state index < -0.39 is 0 Å². The highest BCUT2D eigenvalue weighted by atomic mass is 19.1. The minimum atomic E-state index is -0.333. The molecule has 3 rings (SSSR count). The summed E-state index contributed by atoms with van der Waals surface area (Å²) >= 11 is 0. The number of anilines is 1. The molecule has 25 heavy (non-hydrogen) atoms. The van der Waals surface area contributed by atoms with Crippen molar-refractivity contribution >= 4 is 11.6 Å². The SMILES string of the molecule is C[C@H](CN1CCN(c2ccccc2)CC1)NC(=O)c1ccc(F)cc1. The average Bonchev–Trinajstić information content (AvgIpc) is 2.63. The smallest absolute Gasteiger partial charge is 0.251 e. The molecule has 4 nitrogen and oxygen atoms in total. The summed E-state index contributed by atoms with van der Waals surface area (Å²) in [5, 5.41) is 2.99. The lowest BCUT2D eigenvalue weighted by Crippen LogP contribution is -2.50. The number of carbonyl (C=O) groups excluding carboxylic acids is 1. The van der Waals surface area contributed by atoms with Crippen molar-refractivity contribution < 1.29 is 9.18 Å². The van der Waals surface area contributed by atoms with Crippen LogP contribution in [0.2, 0.25) is 0 Å². The number of rotatable bonds is 5. The van der Waals surface area contributed by atoms with Crippen LogP contribution in [0.1, 0.15) is 17.3 Å². The number of benzene rings is 2. The van der Waals surface area contributed by atoms with E-state index in [0.717, 1.165) is 32.7 Å². The van der Waals surface area contributed by atoms with E-state index in [-0.39, 0.29) is 17.8 Å². The van der Waals surface area contributed by atoms with Gasteiger partial charge in [-0.05, 0) is 43.3 Å². The maximum atomic E-state index is 12.9. The van der Waals surface area contributed by atoms with Gasteiger partial charge in [-0.25, -0.2) is 4.39 Å². The maximum absolute atomic E-state index is 12.9. The van der Waals surface area contributed by atoms with Crippen molar-refractivity contribution in [2.75, 3.05) is 37.6 Å². The molecule has 1 saturated heterocycles. The van der Waals surface area contributed by atoms with E-state index in [1.165, 1.54) is 30.0 Å². The summed E-state index contributed by atoms with van der Waals surface area (Å²) in [4.78, 5) is 16.9. The number of para-hydroxylation sites is 1. The Labute approximate surface area is 148 Å². The normalized spacial score (nSPS) is 16.5. The molecule has 2 aromatic carbocycles. The third-order valence-corrected chi connectivity index (χ3v) is 4.51. The number of hydrogen-bond acceptors (Lipinski definition) is 3. The van der Waals surface area contributed by atoms with Crippen molar-refractivity contribution in [1.82, 2.24) is 10.2 Å². The van der Waals surface area contributed by atoms with E-state index in [2.05, 4.69) is 39.4 Å². The molecule has 1 aliphatic heterocycles. The van der Waals surface area contributed by atoms with E-state index in [9.17, 15) is 9.18 Å². The lowest BCUT2D eigenvalue weighted by Gasteiger charge is -2.37. The largest absolute Gasteiger partial charge is 0.369 e. The summed E-state index contributed by atoms with van der Waals surface area (Å²) in [6.45, 7) is 6.75. The Morgan fingerprint density at radius 1 is 1.04 bits per heavy atom. The molecule has 1 heterocycles. The fourth-order valence-electron chi connectivity index (χ4n) is 3.17. The summed E-state index contributed by atoms with van der Waals surface area (Å²) in [7, 11) is 0. The first kappa shape index (κ1) is 17.4. The molecule has 0 spiro atoms. The summed E-state index contributed by atoms with van der Waals surface area (Å²) in [5.74, 6) is -0.490. The minimum Gasteiger partial charge on any atom is -0.369 e. The van der Waals surface area contributed by atoms with E-state index in [1.54, 1.807) is 0 Å². The van der Waals surface area contributed by atoms with Crippen LogP contribution in [0.25, 0.3) is 0 Å². The van der Waals surface area contributed by atoms with Gasteiger partial charge in [0, 0.05) is 50.0 Å². The van der Waals surface area contributed by atoms with Gasteiger partial charge in [0.15, 0.2) is 0 Å². The highest BCUT2D eigenvalue weighted by Crippen LogP contribution is 2.15. The molecule has 0 aliphatic carbocycles. The number of halogens is 1. The molecule has 2 aromatic rings. The predicted molar refractivity (Wildman–Crippen MR) is 98.4 cm³/mol. The van der Waals surface area contributed by atoms with Crippen molar-refractivity contribution in [3.8, 4) is 0 Å². The third-order valence-electron chi connectivity index (χ3n) is 4.51. The van der Waals surface area contributed by atoms with Crippen LogP contribution in [0.4, 0.5) is 10.1 Å². The highest BCUT2D eigenvalue weighted by Gasteiger charge is 2.19. The minimum absolute atomic E-state index is 0.0424. The fraction of sp³-hybridized carbons (Fsp3) is 0.350. The average molecular weight is 341 g/mol. The zero-order valence-corrected chi connectivity index (χ0v) is 14.5. The number of amides is 1. The first-order chi connectivity index (χ1) is 12.1. The molecule has 5 heteroatoms. The second kappa shape index (κ2) is 8.12. The highest BCUT2D eigenvalue weighted by molar-refractivity contribution is 5.94. The standard InChI is InChI=1S/C20H24FN3O/c1-16(22-20(25)17-7-9-18(21)10-8-17)15-23-11-13-24(14-12-23)19-5-3-2-4-6-19/h2-10,16H,11-15H2,1H3,(H,22,25)/t16-/m1/s1. The van der Waals surface area contributed by atoms with Crippen LogP contribution in [0.15, 0.2) is 54.6 Å². The molecule has 1 amide bonds. The van der Waals surface area contributed by atoms with Crippen LogP contribution >= 0.6 is 0 Å². The molecule has 0 unspecified atom stereocenters. The Morgan fingerprint density at radius 3 is 2.32 bits per heavy atom. The summed E-state index contributed by atoms with van der Waals surface area (Å²) in [6.07, 6.45) is 0. The summed E-state index contributed by atoms with van der Waals surface area (Å²) in [6, 6.07) is 16.1. The van der Waals surface area contributed by atoms with E-state index >= 15 is 0 Å². The molecule has 1 N–H and O–H groups in total. The number of carbonyl (C=O) groups is 1. The molecule has 1 atom stereocenters. The zero-order chi connectivity index (χ0) is 17.6. The number of nitrogens with zero attached hydrogens (tertiary/aromatic N) is 2. The van der Waals surface area contributed by atoms with E-state index in [4.69, 9.17) is 0 Å². The van der Waals surface area contributed by atoms with Gasteiger partial charge in [-0.3, -0.25) is 9.69 Å². The molecular formula is C20H24FN3O. The molecule has 132 valence electrons. The van der Waals surface area contributed by atoms with E-state index in [1.807, 2.05) is 13.0 Å².